The third kappa shape index (κ3) is 4.81. The van der Waals surface area contributed by atoms with Gasteiger partial charge in [0, 0.05) is 11.6 Å². The molecule has 2 heterocycles. The minimum Gasteiger partial charge on any atom is -0.486 e. The van der Waals surface area contributed by atoms with Crippen LogP contribution in [-0.2, 0) is 4.79 Å². The van der Waals surface area contributed by atoms with E-state index in [1.165, 1.54) is 6.07 Å². The fraction of sp³-hybridized carbons (Fsp3) is 0.188. The van der Waals surface area contributed by atoms with Gasteiger partial charge in [-0.05, 0) is 18.2 Å². The second-order valence-electron chi connectivity index (χ2n) is 5.38. The van der Waals surface area contributed by atoms with Crippen molar-refractivity contribution in [2.45, 2.75) is 0 Å². The summed E-state index contributed by atoms with van der Waals surface area (Å²) < 4.78 is 10.8. The van der Waals surface area contributed by atoms with E-state index in [0.717, 1.165) is 12.3 Å². The van der Waals surface area contributed by atoms with Crippen LogP contribution in [0.25, 0.3) is 0 Å². The number of carbonyl (C=O) groups is 2. The summed E-state index contributed by atoms with van der Waals surface area (Å²) in [5, 5.41) is 6.04. The monoisotopic (exact) mass is 373 g/mol. The van der Waals surface area contributed by atoms with E-state index in [1.54, 1.807) is 12.1 Å². The first-order valence-electron chi connectivity index (χ1n) is 7.85. The quantitative estimate of drug-likeness (QED) is 0.378. The number of hydrazone groups is 1. The van der Waals surface area contributed by atoms with Crippen LogP contribution in [0.4, 0.5) is 0 Å². The molecule has 0 spiro atoms. The molecule has 2 amide bonds. The van der Waals surface area contributed by atoms with Crippen molar-refractivity contribution < 1.29 is 19.1 Å². The molecule has 1 aliphatic heterocycles. The first kappa shape index (κ1) is 17.9. The van der Waals surface area contributed by atoms with Crippen molar-refractivity contribution in [3.05, 3.63) is 56.4 Å². The molecule has 0 saturated heterocycles. The maximum atomic E-state index is 12.1. The van der Waals surface area contributed by atoms with E-state index in [2.05, 4.69) is 20.8 Å². The van der Waals surface area contributed by atoms with Crippen LogP contribution < -0.4 is 31.5 Å². The van der Waals surface area contributed by atoms with Crippen LogP contribution in [0.15, 0.2) is 39.0 Å². The number of benzene rings is 1. The number of rotatable bonds is 5. The lowest BCUT2D eigenvalue weighted by molar-refractivity contribution is -0.120. The Bertz CT molecular complexity index is 981. The minimum atomic E-state index is -0.693. The summed E-state index contributed by atoms with van der Waals surface area (Å²) in [7, 11) is 0. The Morgan fingerprint density at radius 3 is 2.67 bits per heavy atom. The van der Waals surface area contributed by atoms with Crippen molar-refractivity contribution in [3.63, 3.8) is 0 Å². The highest BCUT2D eigenvalue weighted by Crippen LogP contribution is 2.30. The standard InChI is InChI=1S/C16H15N5O6/c22-13-6-10(19-16(25)20-13)7-18-21-14(23)8-17-15(24)9-1-2-11-12(5-9)27-4-3-26-11/h1-2,5-7H,3-4,8H2,(H,17,24)(H,21,23)(H2,19,20,22,25)/b18-7+. The molecule has 11 nitrogen and oxygen atoms in total. The van der Waals surface area contributed by atoms with Gasteiger partial charge >= 0.3 is 5.69 Å². The summed E-state index contributed by atoms with van der Waals surface area (Å²) in [6.45, 7) is 0.526. The van der Waals surface area contributed by atoms with Gasteiger partial charge in [0.25, 0.3) is 17.4 Å². The summed E-state index contributed by atoms with van der Waals surface area (Å²) in [6.07, 6.45) is 1.09. The summed E-state index contributed by atoms with van der Waals surface area (Å²) in [5.74, 6) is -0.0354. The Morgan fingerprint density at radius 2 is 1.89 bits per heavy atom. The lowest BCUT2D eigenvalue weighted by Crippen LogP contribution is -2.35. The summed E-state index contributed by atoms with van der Waals surface area (Å²) in [4.78, 5) is 50.3. The van der Waals surface area contributed by atoms with Crippen molar-refractivity contribution in [2.75, 3.05) is 19.8 Å². The highest BCUT2D eigenvalue weighted by atomic mass is 16.6. The first-order valence-corrected chi connectivity index (χ1v) is 7.85. The predicted octanol–water partition coefficient (Wildman–Crippen LogP) is -1.29. The third-order valence-electron chi connectivity index (χ3n) is 3.39. The molecular weight excluding hydrogens is 358 g/mol. The normalized spacial score (nSPS) is 12.6. The van der Waals surface area contributed by atoms with Gasteiger partial charge in [-0.2, -0.15) is 5.10 Å². The lowest BCUT2D eigenvalue weighted by atomic mass is 10.2. The summed E-state index contributed by atoms with van der Waals surface area (Å²) in [6, 6.07) is 5.81. The van der Waals surface area contributed by atoms with Crippen LogP contribution in [0.1, 0.15) is 16.1 Å². The van der Waals surface area contributed by atoms with E-state index in [-0.39, 0.29) is 12.2 Å². The SMILES string of the molecule is O=C(CNC(=O)c1ccc2c(c1)OCCO2)N/N=C/c1cc(=O)[nH]c(=O)[nH]1. The highest BCUT2D eigenvalue weighted by molar-refractivity contribution is 5.97. The maximum absolute atomic E-state index is 12.1. The number of nitrogens with zero attached hydrogens (tertiary/aromatic N) is 1. The molecule has 0 aliphatic carbocycles. The second kappa shape index (κ2) is 7.99. The third-order valence-corrected chi connectivity index (χ3v) is 3.39. The average Bonchev–Trinajstić information content (AvgIpc) is 2.65. The predicted molar refractivity (Wildman–Crippen MR) is 93.2 cm³/mol. The number of ether oxygens (including phenoxy) is 2. The van der Waals surface area contributed by atoms with Crippen molar-refractivity contribution in [3.8, 4) is 11.5 Å². The van der Waals surface area contributed by atoms with E-state index in [4.69, 9.17) is 9.47 Å². The van der Waals surface area contributed by atoms with Gasteiger partial charge in [0.15, 0.2) is 11.5 Å². The zero-order valence-corrected chi connectivity index (χ0v) is 13.9. The van der Waals surface area contributed by atoms with E-state index in [0.29, 0.717) is 30.3 Å². The van der Waals surface area contributed by atoms with E-state index < -0.39 is 23.1 Å². The van der Waals surface area contributed by atoms with Gasteiger partial charge in [-0.1, -0.05) is 0 Å². The molecule has 4 N–H and O–H groups in total. The molecule has 0 unspecified atom stereocenters. The molecule has 27 heavy (non-hydrogen) atoms. The zero-order chi connectivity index (χ0) is 19.2. The van der Waals surface area contributed by atoms with E-state index in [1.807, 2.05) is 4.98 Å². The van der Waals surface area contributed by atoms with Crippen LogP contribution in [0, 0.1) is 0 Å². The number of aromatic nitrogens is 2. The number of hydrogen-bond acceptors (Lipinski definition) is 7. The first-order chi connectivity index (χ1) is 13.0. The van der Waals surface area contributed by atoms with Gasteiger partial charge in [-0.15, -0.1) is 0 Å². The van der Waals surface area contributed by atoms with Gasteiger partial charge in [0.1, 0.15) is 13.2 Å². The fourth-order valence-corrected chi connectivity index (χ4v) is 2.22. The Morgan fingerprint density at radius 1 is 1.11 bits per heavy atom. The van der Waals surface area contributed by atoms with Crippen LogP contribution in [0.2, 0.25) is 0 Å². The highest BCUT2D eigenvalue weighted by Gasteiger charge is 2.15. The molecule has 0 saturated carbocycles. The molecule has 3 rings (SSSR count). The molecule has 0 radical (unpaired) electrons. The lowest BCUT2D eigenvalue weighted by Gasteiger charge is -2.18. The van der Waals surface area contributed by atoms with E-state index >= 15 is 0 Å². The summed E-state index contributed by atoms with van der Waals surface area (Å²) >= 11 is 0. The molecule has 1 aliphatic rings. The minimum absolute atomic E-state index is 0.115. The fourth-order valence-electron chi connectivity index (χ4n) is 2.22. The van der Waals surface area contributed by atoms with Crippen molar-refractivity contribution in [1.82, 2.24) is 20.7 Å². The molecule has 140 valence electrons. The van der Waals surface area contributed by atoms with Crippen LogP contribution >= 0.6 is 0 Å². The molecule has 0 atom stereocenters. The van der Waals surface area contributed by atoms with Gasteiger partial charge in [0.05, 0.1) is 18.5 Å². The maximum Gasteiger partial charge on any atom is 0.326 e. The van der Waals surface area contributed by atoms with Gasteiger partial charge in [0.2, 0.25) is 0 Å². The van der Waals surface area contributed by atoms with Gasteiger partial charge in [-0.25, -0.2) is 10.2 Å². The van der Waals surface area contributed by atoms with Crippen molar-refractivity contribution in [2.24, 2.45) is 5.10 Å². The average molecular weight is 373 g/mol. The zero-order valence-electron chi connectivity index (χ0n) is 13.9. The topological polar surface area (TPSA) is 155 Å². The van der Waals surface area contributed by atoms with Crippen LogP contribution in [-0.4, -0.2) is 47.8 Å². The number of nitrogens with one attached hydrogen (secondary N) is 4. The number of hydrogen-bond donors (Lipinski definition) is 4. The molecule has 11 heteroatoms. The Kier molecular flexibility index (Phi) is 5.30. The molecule has 2 aromatic rings. The Labute approximate surface area is 151 Å². The van der Waals surface area contributed by atoms with E-state index in [9.17, 15) is 19.2 Å². The summed E-state index contributed by atoms with van der Waals surface area (Å²) in [5.41, 5.74) is 1.30. The van der Waals surface area contributed by atoms with Gasteiger partial charge < -0.3 is 19.8 Å². The molecule has 1 aromatic carbocycles. The number of carbonyl (C=O) groups excluding carboxylic acids is 2. The molecule has 0 fully saturated rings. The number of amides is 2. The molecule has 1 aromatic heterocycles. The van der Waals surface area contributed by atoms with Crippen LogP contribution in [0.3, 0.4) is 0 Å². The number of aromatic amines is 2. The van der Waals surface area contributed by atoms with Crippen molar-refractivity contribution in [1.29, 1.82) is 0 Å². The number of H-pyrrole nitrogens is 2. The second-order valence-corrected chi connectivity index (χ2v) is 5.38. The molecular formula is C16H15N5O6. The van der Waals surface area contributed by atoms with Crippen molar-refractivity contribution >= 4 is 18.0 Å². The van der Waals surface area contributed by atoms with Crippen LogP contribution in [0.5, 0.6) is 11.5 Å². The largest absolute Gasteiger partial charge is 0.486 e. The smallest absolute Gasteiger partial charge is 0.326 e. The Balaban J connectivity index is 1.51. The Hall–Kier alpha value is -3.89. The number of fused-ring (bicyclic) bond motifs is 1. The van der Waals surface area contributed by atoms with Gasteiger partial charge in [-0.3, -0.25) is 19.4 Å². The molecule has 0 bridgehead atoms.